The van der Waals surface area contributed by atoms with Gasteiger partial charge in [0.2, 0.25) is 0 Å². The number of nitrogens with zero attached hydrogens (tertiary/aromatic N) is 2. The van der Waals surface area contributed by atoms with Crippen LogP contribution in [0, 0.1) is 0 Å². The highest BCUT2D eigenvalue weighted by Gasteiger charge is 2.24. The lowest BCUT2D eigenvalue weighted by Crippen LogP contribution is -2.28. The molecule has 0 spiro atoms. The summed E-state index contributed by atoms with van der Waals surface area (Å²) in [5.74, 6) is -0.0638. The molecule has 1 amide bonds. The third kappa shape index (κ3) is 3.48. The molecule has 0 saturated carbocycles. The molecule has 0 saturated heterocycles. The first-order valence-corrected chi connectivity index (χ1v) is 10.0. The topological polar surface area (TPSA) is 46.9 Å². The number of carbonyl (C=O) groups excluding carboxylic acids is 1. The molecule has 4 rings (SSSR count). The molecule has 27 heavy (non-hydrogen) atoms. The third-order valence-electron chi connectivity index (χ3n) is 5.02. The number of hydrogen-bond donors (Lipinski definition) is 1. The lowest BCUT2D eigenvalue weighted by molar-refractivity contribution is 0.0688. The number of para-hydroxylation sites is 2. The summed E-state index contributed by atoms with van der Waals surface area (Å²) >= 11 is 1.52. The van der Waals surface area contributed by atoms with Crippen molar-refractivity contribution in [3.8, 4) is 0 Å². The zero-order valence-corrected chi connectivity index (χ0v) is 15.9. The van der Waals surface area contributed by atoms with Gasteiger partial charge in [0, 0.05) is 4.88 Å². The summed E-state index contributed by atoms with van der Waals surface area (Å²) in [6, 6.07) is 8.11. The Bertz CT molecular complexity index is 955. The largest absolute Gasteiger partial charge is 0.342 e. The van der Waals surface area contributed by atoms with Gasteiger partial charge in [-0.2, -0.15) is 8.78 Å². The Labute approximate surface area is 160 Å². The molecule has 2 aromatic heterocycles. The first-order chi connectivity index (χ1) is 13.0. The Hall–Kier alpha value is -2.28. The highest BCUT2D eigenvalue weighted by molar-refractivity contribution is 7.14. The molecule has 0 radical (unpaired) electrons. The lowest BCUT2D eigenvalue weighted by Gasteiger charge is -2.15. The second kappa shape index (κ2) is 7.38. The predicted octanol–water partition coefficient (Wildman–Crippen LogP) is 5.25. The van der Waals surface area contributed by atoms with E-state index in [0.29, 0.717) is 15.9 Å². The van der Waals surface area contributed by atoms with Gasteiger partial charge in [-0.3, -0.25) is 9.36 Å². The smallest absolute Gasteiger partial charge is 0.320 e. The minimum atomic E-state index is -2.72. The highest BCUT2D eigenvalue weighted by atomic mass is 32.1. The molecule has 1 aliphatic carbocycles. The van der Waals surface area contributed by atoms with Crippen LogP contribution in [0.5, 0.6) is 0 Å². The molecule has 4 nitrogen and oxygen atoms in total. The summed E-state index contributed by atoms with van der Waals surface area (Å²) < 4.78 is 28.1. The Morgan fingerprint density at radius 1 is 1.22 bits per heavy atom. The van der Waals surface area contributed by atoms with Crippen LogP contribution >= 0.6 is 11.3 Å². The van der Waals surface area contributed by atoms with E-state index in [1.807, 2.05) is 6.07 Å². The zero-order chi connectivity index (χ0) is 19.0. The maximum Gasteiger partial charge on any atom is 0.320 e. The molecule has 0 fully saturated rings. The van der Waals surface area contributed by atoms with E-state index in [4.69, 9.17) is 0 Å². The van der Waals surface area contributed by atoms with Gasteiger partial charge < -0.3 is 5.32 Å². The number of nitrogens with one attached hydrogen (secondary N) is 1. The summed E-state index contributed by atoms with van der Waals surface area (Å²) in [6.45, 7) is -1.03. The number of fused-ring (bicyclic) bond motifs is 2. The van der Waals surface area contributed by atoms with E-state index in [0.717, 1.165) is 30.3 Å². The molecule has 0 bridgehead atoms. The SMILES string of the molecule is CC(NC(=O)c1cc2c(s1)CCCCC2)c1nc2ccccc2n1C(F)F. The average molecular weight is 389 g/mol. The number of aryl methyl sites for hydroxylation is 2. The number of halogens is 2. The molecule has 0 aliphatic heterocycles. The van der Waals surface area contributed by atoms with Crippen LogP contribution in [0.4, 0.5) is 8.78 Å². The van der Waals surface area contributed by atoms with E-state index in [1.165, 1.54) is 28.2 Å². The predicted molar refractivity (Wildman–Crippen MR) is 102 cm³/mol. The van der Waals surface area contributed by atoms with Crippen molar-refractivity contribution in [3.05, 3.63) is 51.5 Å². The first-order valence-electron chi connectivity index (χ1n) is 9.22. The highest BCUT2D eigenvalue weighted by Crippen LogP contribution is 2.30. The maximum atomic E-state index is 13.6. The minimum absolute atomic E-state index is 0.165. The fourth-order valence-corrected chi connectivity index (χ4v) is 4.84. The number of carbonyl (C=O) groups is 1. The number of alkyl halides is 2. The second-order valence-corrected chi connectivity index (χ2v) is 8.06. The fraction of sp³-hybridized carbons (Fsp3) is 0.400. The van der Waals surface area contributed by atoms with E-state index < -0.39 is 12.6 Å². The summed E-state index contributed by atoms with van der Waals surface area (Å²) in [5, 5.41) is 2.85. The molecular weight excluding hydrogens is 368 g/mol. The van der Waals surface area contributed by atoms with Crippen molar-refractivity contribution in [3.63, 3.8) is 0 Å². The molecule has 7 heteroatoms. The van der Waals surface area contributed by atoms with Crippen molar-refractivity contribution >= 4 is 28.3 Å². The molecule has 2 heterocycles. The van der Waals surface area contributed by atoms with E-state index >= 15 is 0 Å². The van der Waals surface area contributed by atoms with Gasteiger partial charge >= 0.3 is 6.55 Å². The molecule has 1 N–H and O–H groups in total. The standard InChI is InChI=1S/C20H21F2N3OS/c1-12(18-24-14-8-5-6-9-15(14)25(18)20(21)22)23-19(26)17-11-13-7-3-2-4-10-16(13)27-17/h5-6,8-9,11-12,20H,2-4,7,10H2,1H3,(H,23,26). The minimum Gasteiger partial charge on any atom is -0.342 e. The average Bonchev–Trinajstić information content (AvgIpc) is 3.17. The van der Waals surface area contributed by atoms with E-state index in [2.05, 4.69) is 10.3 Å². The summed E-state index contributed by atoms with van der Waals surface area (Å²) in [6.07, 6.45) is 5.56. The van der Waals surface area contributed by atoms with Crippen molar-refractivity contribution in [2.75, 3.05) is 0 Å². The van der Waals surface area contributed by atoms with Crippen LogP contribution in [0.25, 0.3) is 11.0 Å². The molecule has 142 valence electrons. The number of hydrogen-bond acceptors (Lipinski definition) is 3. The molecule has 1 atom stereocenters. The fourth-order valence-electron chi connectivity index (χ4n) is 3.69. The van der Waals surface area contributed by atoms with Crippen LogP contribution < -0.4 is 5.32 Å². The number of thiophene rings is 1. The van der Waals surface area contributed by atoms with Gasteiger partial charge in [0.1, 0.15) is 5.82 Å². The van der Waals surface area contributed by atoms with Crippen molar-refractivity contribution in [1.82, 2.24) is 14.9 Å². The molecular formula is C20H21F2N3OS. The van der Waals surface area contributed by atoms with Gasteiger partial charge in [-0.1, -0.05) is 18.6 Å². The van der Waals surface area contributed by atoms with E-state index in [9.17, 15) is 13.6 Å². The summed E-state index contributed by atoms with van der Waals surface area (Å²) in [5.41, 5.74) is 2.12. The van der Waals surface area contributed by atoms with Gasteiger partial charge in [-0.15, -0.1) is 11.3 Å². The van der Waals surface area contributed by atoms with Crippen LogP contribution in [0.1, 0.15) is 64.7 Å². The zero-order valence-electron chi connectivity index (χ0n) is 15.0. The maximum absolute atomic E-state index is 13.6. The van der Waals surface area contributed by atoms with Gasteiger partial charge in [0.25, 0.3) is 5.91 Å². The second-order valence-electron chi connectivity index (χ2n) is 6.92. The molecule has 1 unspecified atom stereocenters. The van der Waals surface area contributed by atoms with Gasteiger partial charge in [0.15, 0.2) is 0 Å². The molecule has 1 aromatic carbocycles. The Morgan fingerprint density at radius 2 is 2.00 bits per heavy atom. The first kappa shape index (κ1) is 18.1. The Kier molecular flexibility index (Phi) is 4.95. The Morgan fingerprint density at radius 3 is 2.81 bits per heavy atom. The third-order valence-corrected chi connectivity index (χ3v) is 6.26. The van der Waals surface area contributed by atoms with E-state index in [-0.39, 0.29) is 11.7 Å². The molecule has 3 aromatic rings. The van der Waals surface area contributed by atoms with Crippen LogP contribution in [0.2, 0.25) is 0 Å². The lowest BCUT2D eigenvalue weighted by atomic mass is 10.1. The summed E-state index contributed by atoms with van der Waals surface area (Å²) in [7, 11) is 0. The number of benzene rings is 1. The number of aromatic nitrogens is 2. The summed E-state index contributed by atoms with van der Waals surface area (Å²) in [4.78, 5) is 19.0. The number of amides is 1. The van der Waals surface area contributed by atoms with Crippen molar-refractivity contribution in [1.29, 1.82) is 0 Å². The van der Waals surface area contributed by atoms with Crippen LogP contribution in [-0.4, -0.2) is 15.5 Å². The van der Waals surface area contributed by atoms with Gasteiger partial charge in [-0.25, -0.2) is 4.98 Å². The van der Waals surface area contributed by atoms with Crippen LogP contribution in [0.3, 0.4) is 0 Å². The Balaban J connectivity index is 1.59. The van der Waals surface area contributed by atoms with Gasteiger partial charge in [-0.05, 0) is 56.4 Å². The molecule has 1 aliphatic rings. The monoisotopic (exact) mass is 389 g/mol. The van der Waals surface area contributed by atoms with Gasteiger partial charge in [0.05, 0.1) is 22.0 Å². The quantitative estimate of drug-likeness (QED) is 0.619. The van der Waals surface area contributed by atoms with Crippen molar-refractivity contribution in [2.24, 2.45) is 0 Å². The van der Waals surface area contributed by atoms with Crippen LogP contribution in [-0.2, 0) is 12.8 Å². The van der Waals surface area contributed by atoms with Crippen molar-refractivity contribution < 1.29 is 13.6 Å². The van der Waals surface area contributed by atoms with E-state index in [1.54, 1.807) is 31.2 Å². The number of imidazole rings is 1. The van der Waals surface area contributed by atoms with Crippen molar-refractivity contribution in [2.45, 2.75) is 51.6 Å². The van der Waals surface area contributed by atoms with Crippen LogP contribution in [0.15, 0.2) is 30.3 Å². The number of rotatable bonds is 4. The normalized spacial score (nSPS) is 15.6.